The van der Waals surface area contributed by atoms with E-state index in [2.05, 4.69) is 64.1 Å². The molecule has 8 bridgehead atoms. The number of fused-ring (bicyclic) bond motifs is 18. The third-order valence-electron chi connectivity index (χ3n) is 22.6. The number of benzene rings is 4. The Morgan fingerprint density at radius 3 is 1.26 bits per heavy atom. The molecule has 0 unspecified atom stereocenters. The Kier molecular flexibility index (Phi) is 17.0. The normalized spacial score (nSPS) is 33.1. The second kappa shape index (κ2) is 23.5. The number of quaternary nitrogens is 1. The first-order valence-corrected chi connectivity index (χ1v) is 50.7. The molecule has 0 aliphatic carbocycles. The zero-order valence-electron chi connectivity index (χ0n) is 48.7. The number of nitrogens with zero attached hydrogens (tertiary/aromatic N) is 6. The van der Waals surface area contributed by atoms with Crippen LogP contribution >= 0.6 is 0 Å². The molecule has 0 spiro atoms. The number of nitrogens with two attached hydrogens (primary N) is 2. The predicted octanol–water partition coefficient (Wildman–Crippen LogP) is 9.39. The van der Waals surface area contributed by atoms with Gasteiger partial charge in [0.1, 0.15) is 0 Å². The van der Waals surface area contributed by atoms with Gasteiger partial charge in [0, 0.05) is 12.8 Å². The zero-order valence-corrected chi connectivity index (χ0v) is 56.1. The van der Waals surface area contributed by atoms with Crippen molar-refractivity contribution >= 4 is 102 Å². The van der Waals surface area contributed by atoms with Gasteiger partial charge in [0.15, 0.2) is 0 Å². The molecule has 14 aliphatic heterocycles. The molecule has 4 aromatic carbocycles. The Bertz CT molecular complexity index is 3170. The number of rotatable bonds is 13. The van der Waals surface area contributed by atoms with Crippen molar-refractivity contribution in [2.75, 3.05) is 103 Å². The van der Waals surface area contributed by atoms with Gasteiger partial charge in [0.25, 0.3) is 0 Å². The average Bonchev–Trinajstić information content (AvgIpc) is 2.74. The summed E-state index contributed by atoms with van der Waals surface area (Å²) in [6, 6.07) is 20.5. The molecule has 18 rings (SSSR count). The van der Waals surface area contributed by atoms with Crippen LogP contribution < -0.4 is 20.1 Å². The van der Waals surface area contributed by atoms with E-state index in [1.165, 1.54) is 154 Å². The third-order valence-corrected chi connectivity index (χ3v) is 57.3. The topological polar surface area (TPSA) is 171 Å². The number of amides is 2. The molecule has 4 N–H and O–H groups in total. The molecule has 81 heavy (non-hydrogen) atoms. The molecular weight excluding hydrogens is 1270 g/mol. The molecule has 0 atom stereocenters. The van der Waals surface area contributed by atoms with E-state index >= 15 is 0 Å². The quantitative estimate of drug-likeness (QED) is 0.0978. The summed E-state index contributed by atoms with van der Waals surface area (Å²) >= 11 is -5.20. The number of hydrogen-bond donors (Lipinski definition) is 2. The van der Waals surface area contributed by atoms with Crippen molar-refractivity contribution in [2.24, 2.45) is 22.3 Å². The maximum absolute atomic E-state index is 14.1. The maximum atomic E-state index is 14.1. The van der Waals surface area contributed by atoms with Crippen molar-refractivity contribution in [3.05, 3.63) is 71.8 Å². The minimum absolute atomic E-state index is 0.120. The van der Waals surface area contributed by atoms with E-state index < -0.39 is 56.8 Å². The second-order valence-corrected chi connectivity index (χ2v) is 58.7. The summed E-state index contributed by atoms with van der Waals surface area (Å²) in [7, 11) is -6.93. The number of carbonyl (C=O) groups excluding carboxylic acids is 2. The van der Waals surface area contributed by atoms with Crippen molar-refractivity contribution in [3.8, 4) is 0 Å². The molecule has 4 aromatic rings. The summed E-state index contributed by atoms with van der Waals surface area (Å²) in [5, 5.41) is 4.24. The Morgan fingerprint density at radius 1 is 0.506 bits per heavy atom. The molecule has 0 saturated carbocycles. The SMILES string of the molecule is CCCc1ccc2c3c(cccc13)N([CH2][Sn]13[CH2]CCN(CC[CH2]1)CC[CH2]3)S2(=O)=O.NC(=O)CC12CCN(CC1)CC2.NC(=O)CC12CC[N+](CCc3ccc4c5c(cccc35)N([CH2][Sn]35[CH2]CCN(CC[CH2]3)CC[CH2]5)S4(=O)=O)(CC1)CC2. The molecule has 2 amide bonds. The van der Waals surface area contributed by atoms with Crippen molar-refractivity contribution in [1.29, 1.82) is 0 Å². The number of anilines is 2. The van der Waals surface area contributed by atoms with Crippen LogP contribution in [0.3, 0.4) is 0 Å². The molecule has 12 fully saturated rings. The molecule has 14 aliphatic rings. The van der Waals surface area contributed by atoms with Crippen LogP contribution in [-0.4, -0.2) is 179 Å². The molecule has 12 saturated heterocycles. The molecule has 18 heteroatoms. The predicted molar refractivity (Wildman–Crippen MR) is 332 cm³/mol. The van der Waals surface area contributed by atoms with Crippen LogP contribution in [0.4, 0.5) is 11.4 Å². The van der Waals surface area contributed by atoms with E-state index in [0.717, 1.165) is 111 Å². The zero-order chi connectivity index (χ0) is 56.3. The molecule has 440 valence electrons. The third kappa shape index (κ3) is 11.7. The summed E-state index contributed by atoms with van der Waals surface area (Å²) < 4.78 is 70.1. The summed E-state index contributed by atoms with van der Waals surface area (Å²) in [5.41, 5.74) is 15.7. The number of piperidine rings is 6. The summed E-state index contributed by atoms with van der Waals surface area (Å²) in [6.07, 6.45) is 18.6. The molecule has 0 radical (unpaired) electrons. The van der Waals surface area contributed by atoms with Gasteiger partial charge in [-0.1, -0.05) is 0 Å². The van der Waals surface area contributed by atoms with E-state index in [1.807, 2.05) is 26.8 Å². The van der Waals surface area contributed by atoms with Gasteiger partial charge in [0.05, 0.1) is 0 Å². The van der Waals surface area contributed by atoms with E-state index in [1.54, 1.807) is 0 Å². The van der Waals surface area contributed by atoms with Crippen LogP contribution in [0.1, 0.15) is 114 Å². The van der Waals surface area contributed by atoms with Gasteiger partial charge >= 0.3 is 402 Å². The fraction of sp³-hybridized carbons (Fsp3) is 0.651. The van der Waals surface area contributed by atoms with E-state index in [4.69, 9.17) is 11.5 Å². The number of sulfonamides is 2. The fourth-order valence-electron chi connectivity index (χ4n) is 17.8. The Hall–Kier alpha value is -2.72. The van der Waals surface area contributed by atoms with Crippen molar-refractivity contribution < 1.29 is 30.9 Å². The van der Waals surface area contributed by atoms with Gasteiger partial charge in [-0.2, -0.15) is 0 Å². The van der Waals surface area contributed by atoms with Crippen molar-refractivity contribution in [3.63, 3.8) is 0 Å². The van der Waals surface area contributed by atoms with Gasteiger partial charge in [-0.15, -0.1) is 0 Å². The first-order valence-electron chi connectivity index (χ1n) is 31.7. The Labute approximate surface area is 492 Å². The van der Waals surface area contributed by atoms with Gasteiger partial charge < -0.3 is 16.4 Å². The van der Waals surface area contributed by atoms with Gasteiger partial charge in [-0.3, -0.25) is 9.59 Å². The average molecular weight is 1360 g/mol. The van der Waals surface area contributed by atoms with Gasteiger partial charge in [-0.05, 0) is 44.3 Å². The molecular formula is C63H93N8O6S2Sn2+. The Balaban J connectivity index is 0.000000138. The van der Waals surface area contributed by atoms with Crippen LogP contribution in [0, 0.1) is 10.8 Å². The number of aryl methyl sites for hydroxylation is 1. The summed E-state index contributed by atoms with van der Waals surface area (Å²) in [4.78, 5) is 31.3. The second-order valence-electron chi connectivity index (χ2n) is 27.5. The van der Waals surface area contributed by atoms with Gasteiger partial charge in [0.2, 0.25) is 11.8 Å². The van der Waals surface area contributed by atoms with E-state index in [-0.39, 0.29) is 17.2 Å². The molecule has 14 heterocycles. The first-order chi connectivity index (χ1) is 39.0. The van der Waals surface area contributed by atoms with Crippen molar-refractivity contribution in [2.45, 2.75) is 152 Å². The van der Waals surface area contributed by atoms with Crippen LogP contribution in [0.2, 0.25) is 26.6 Å². The summed E-state index contributed by atoms with van der Waals surface area (Å²) in [6.45, 7) is 17.5. The Morgan fingerprint density at radius 2 is 0.877 bits per heavy atom. The fourth-order valence-corrected chi connectivity index (χ4v) is 54.4. The van der Waals surface area contributed by atoms with E-state index in [0.29, 0.717) is 28.0 Å². The minimum atomic E-state index is -3.51. The van der Waals surface area contributed by atoms with Crippen LogP contribution in [0.15, 0.2) is 70.5 Å². The van der Waals surface area contributed by atoms with Crippen LogP contribution in [0.25, 0.3) is 21.5 Å². The van der Waals surface area contributed by atoms with Crippen molar-refractivity contribution in [1.82, 2.24) is 14.7 Å². The van der Waals surface area contributed by atoms with Gasteiger partial charge in [-0.25, -0.2) is 0 Å². The number of hydrogen-bond acceptors (Lipinski definition) is 9. The van der Waals surface area contributed by atoms with Crippen LogP contribution in [-0.2, 0) is 42.5 Å². The number of carbonyl (C=O) groups is 2. The molecule has 14 nitrogen and oxygen atoms in total. The van der Waals surface area contributed by atoms with E-state index in [9.17, 15) is 26.4 Å². The first kappa shape index (κ1) is 58.6. The summed E-state index contributed by atoms with van der Waals surface area (Å²) in [5.74, 6) is -0.275. The monoisotopic (exact) mass is 1360 g/mol. The molecule has 0 aromatic heterocycles. The standard InChI is InChI=1S/C22H26N3O3S.C14H14NO2S.C9H16N2O.2C9H18N.2Sn/c1-24-18-4-2-3-17-16(5-6-19(21(17)18)29(24,27)28)7-11-25-12-8-22(9-13-25,10-14-25)15-20(23)26;1-3-5-10-8-9-13-14-11(10)6-4-7-12(14)15(2)18(13,16)17;10-8(12)7-9-1-4-11(5-2-9)6-3-9;2*1-4-7-10(8-5-2)9-6-3;;/h2-6H,1,7-15H2,(H-,23,26);4,6-9H,2-3,5H2,1H3;1-7H2,(H2,10,12);2*1-9H2;;/p+1. The van der Waals surface area contributed by atoms with Crippen LogP contribution in [0.5, 0.6) is 0 Å². The number of primary amides is 2.